The Balaban J connectivity index is 2.24. The molecule has 0 spiro atoms. The Kier molecular flexibility index (Phi) is 3.95. The van der Waals surface area contributed by atoms with Gasteiger partial charge in [-0.3, -0.25) is 4.79 Å². The van der Waals surface area contributed by atoms with Crippen molar-refractivity contribution in [3.63, 3.8) is 0 Å². The summed E-state index contributed by atoms with van der Waals surface area (Å²) in [4.78, 5) is 12.0. The van der Waals surface area contributed by atoms with Crippen molar-refractivity contribution >= 4 is 17.3 Å². The lowest BCUT2D eigenvalue weighted by atomic mass is 10.0. The molecule has 1 fully saturated rings. The Morgan fingerprint density at radius 1 is 1.50 bits per heavy atom. The molecule has 1 heterocycles. The van der Waals surface area contributed by atoms with Crippen LogP contribution in [0.15, 0.2) is 11.0 Å². The lowest BCUT2D eigenvalue weighted by Crippen LogP contribution is -2.33. The average Bonchev–Trinajstić information content (AvgIpc) is 2.76. The monoisotopic (exact) mass is 269 g/mol. The molecule has 0 amide bonds. The van der Waals surface area contributed by atoms with Gasteiger partial charge in [-0.1, -0.05) is 31.4 Å². The SMILES string of the molecule is CCCn1ncc(NC2(C)CCCC2)c(Cl)c1=O. The van der Waals surface area contributed by atoms with E-state index in [1.807, 2.05) is 6.92 Å². The van der Waals surface area contributed by atoms with Crippen LogP contribution in [0.5, 0.6) is 0 Å². The second-order valence-corrected chi connectivity index (χ2v) is 5.67. The number of nitrogens with one attached hydrogen (secondary N) is 1. The first-order valence-electron chi connectivity index (χ1n) is 6.59. The van der Waals surface area contributed by atoms with Crippen molar-refractivity contribution < 1.29 is 0 Å². The topological polar surface area (TPSA) is 46.9 Å². The zero-order valence-electron chi connectivity index (χ0n) is 11.0. The minimum Gasteiger partial charge on any atom is -0.377 e. The first kappa shape index (κ1) is 13.4. The Morgan fingerprint density at radius 3 is 2.78 bits per heavy atom. The molecule has 0 aliphatic heterocycles. The Bertz CT molecular complexity index is 478. The van der Waals surface area contributed by atoms with Crippen LogP contribution < -0.4 is 10.9 Å². The molecule has 1 aliphatic rings. The quantitative estimate of drug-likeness (QED) is 0.914. The minimum atomic E-state index is -0.204. The molecule has 0 unspecified atom stereocenters. The first-order valence-corrected chi connectivity index (χ1v) is 6.97. The van der Waals surface area contributed by atoms with Crippen LogP contribution in [0.4, 0.5) is 5.69 Å². The molecule has 1 aromatic rings. The van der Waals surface area contributed by atoms with Crippen LogP contribution in [0.1, 0.15) is 46.0 Å². The fourth-order valence-corrected chi connectivity index (χ4v) is 2.72. The maximum Gasteiger partial charge on any atom is 0.287 e. The molecular weight excluding hydrogens is 250 g/mol. The molecule has 0 aromatic carbocycles. The highest BCUT2D eigenvalue weighted by atomic mass is 35.5. The average molecular weight is 270 g/mol. The van der Waals surface area contributed by atoms with E-state index in [1.54, 1.807) is 6.20 Å². The van der Waals surface area contributed by atoms with Crippen molar-refractivity contribution in [3.8, 4) is 0 Å². The molecule has 0 bridgehead atoms. The van der Waals surface area contributed by atoms with Gasteiger partial charge in [0.05, 0.1) is 11.9 Å². The lowest BCUT2D eigenvalue weighted by molar-refractivity contribution is 0.528. The number of rotatable bonds is 4. The van der Waals surface area contributed by atoms with Gasteiger partial charge in [0.25, 0.3) is 5.56 Å². The third kappa shape index (κ3) is 2.69. The molecule has 1 aromatic heterocycles. The summed E-state index contributed by atoms with van der Waals surface area (Å²) >= 11 is 6.14. The van der Waals surface area contributed by atoms with Gasteiger partial charge in [-0.2, -0.15) is 5.10 Å². The summed E-state index contributed by atoms with van der Waals surface area (Å²) in [5.41, 5.74) is 0.512. The van der Waals surface area contributed by atoms with Crippen LogP contribution in [0, 0.1) is 0 Å². The van der Waals surface area contributed by atoms with Crippen LogP contribution in [-0.2, 0) is 6.54 Å². The number of aromatic nitrogens is 2. The van der Waals surface area contributed by atoms with Gasteiger partial charge in [-0.05, 0) is 26.2 Å². The maximum absolute atomic E-state index is 12.0. The maximum atomic E-state index is 12.0. The number of nitrogens with zero attached hydrogens (tertiary/aromatic N) is 2. The van der Waals surface area contributed by atoms with Crippen molar-refractivity contribution in [1.82, 2.24) is 9.78 Å². The predicted octanol–water partition coefficient (Wildman–Crippen LogP) is 3.05. The van der Waals surface area contributed by atoms with E-state index in [0.717, 1.165) is 19.3 Å². The van der Waals surface area contributed by atoms with Crippen LogP contribution in [0.3, 0.4) is 0 Å². The fourth-order valence-electron chi connectivity index (χ4n) is 2.53. The van der Waals surface area contributed by atoms with Crippen molar-refractivity contribution in [3.05, 3.63) is 21.6 Å². The van der Waals surface area contributed by atoms with Crippen molar-refractivity contribution in [1.29, 1.82) is 0 Å². The molecule has 5 heteroatoms. The lowest BCUT2D eigenvalue weighted by Gasteiger charge is -2.27. The third-order valence-electron chi connectivity index (χ3n) is 3.56. The molecule has 1 N–H and O–H groups in total. The van der Waals surface area contributed by atoms with Gasteiger partial charge >= 0.3 is 0 Å². The largest absolute Gasteiger partial charge is 0.377 e. The van der Waals surface area contributed by atoms with Crippen LogP contribution in [-0.4, -0.2) is 15.3 Å². The van der Waals surface area contributed by atoms with Gasteiger partial charge in [0.1, 0.15) is 5.02 Å². The van der Waals surface area contributed by atoms with Crippen molar-refractivity contribution in [2.24, 2.45) is 0 Å². The molecule has 2 rings (SSSR count). The number of anilines is 1. The minimum absolute atomic E-state index is 0.0503. The highest BCUT2D eigenvalue weighted by Crippen LogP contribution is 2.33. The highest BCUT2D eigenvalue weighted by molar-refractivity contribution is 6.32. The second-order valence-electron chi connectivity index (χ2n) is 5.29. The fraction of sp³-hybridized carbons (Fsp3) is 0.692. The summed E-state index contributed by atoms with van der Waals surface area (Å²) < 4.78 is 1.42. The molecule has 0 saturated heterocycles. The van der Waals surface area contributed by atoms with E-state index in [0.29, 0.717) is 12.2 Å². The van der Waals surface area contributed by atoms with E-state index in [9.17, 15) is 4.79 Å². The number of hydrogen-bond donors (Lipinski definition) is 1. The normalized spacial score (nSPS) is 17.9. The van der Waals surface area contributed by atoms with Crippen molar-refractivity contribution in [2.75, 3.05) is 5.32 Å². The van der Waals surface area contributed by atoms with Gasteiger partial charge in [-0.15, -0.1) is 0 Å². The zero-order valence-corrected chi connectivity index (χ0v) is 11.8. The molecule has 18 heavy (non-hydrogen) atoms. The second kappa shape index (κ2) is 5.31. The van der Waals surface area contributed by atoms with E-state index in [1.165, 1.54) is 17.5 Å². The van der Waals surface area contributed by atoms with E-state index in [4.69, 9.17) is 11.6 Å². The molecule has 0 radical (unpaired) electrons. The summed E-state index contributed by atoms with van der Waals surface area (Å²) in [6, 6.07) is 0. The number of hydrogen-bond acceptors (Lipinski definition) is 3. The summed E-state index contributed by atoms with van der Waals surface area (Å²) in [5.74, 6) is 0. The van der Waals surface area contributed by atoms with E-state index in [2.05, 4.69) is 17.3 Å². The summed E-state index contributed by atoms with van der Waals surface area (Å²) in [6.45, 7) is 4.79. The zero-order chi connectivity index (χ0) is 13.2. The van der Waals surface area contributed by atoms with Crippen molar-refractivity contribution in [2.45, 2.75) is 58.0 Å². The van der Waals surface area contributed by atoms with Crippen LogP contribution in [0.2, 0.25) is 5.02 Å². The Hall–Kier alpha value is -1.03. The Labute approximate surface area is 112 Å². The van der Waals surface area contributed by atoms with E-state index < -0.39 is 0 Å². The molecule has 100 valence electrons. The number of aryl methyl sites for hydroxylation is 1. The summed E-state index contributed by atoms with van der Waals surface area (Å²) in [5, 5.41) is 7.80. The van der Waals surface area contributed by atoms with Crippen LogP contribution in [0.25, 0.3) is 0 Å². The predicted molar refractivity (Wildman–Crippen MR) is 74.3 cm³/mol. The smallest absolute Gasteiger partial charge is 0.287 e. The van der Waals surface area contributed by atoms with Crippen LogP contribution >= 0.6 is 11.6 Å². The van der Waals surface area contributed by atoms with Gasteiger partial charge in [0.15, 0.2) is 0 Å². The molecular formula is C13H20ClN3O. The third-order valence-corrected chi connectivity index (χ3v) is 3.93. The van der Waals surface area contributed by atoms with E-state index >= 15 is 0 Å². The van der Waals surface area contributed by atoms with Gasteiger partial charge < -0.3 is 5.32 Å². The first-order chi connectivity index (χ1) is 8.56. The molecule has 1 saturated carbocycles. The summed E-state index contributed by atoms with van der Waals surface area (Å²) in [6.07, 6.45) is 7.21. The Morgan fingerprint density at radius 2 is 2.17 bits per heavy atom. The van der Waals surface area contributed by atoms with Gasteiger partial charge in [0, 0.05) is 12.1 Å². The molecule has 1 aliphatic carbocycles. The summed E-state index contributed by atoms with van der Waals surface area (Å²) in [7, 11) is 0. The van der Waals surface area contributed by atoms with Gasteiger partial charge in [0.2, 0.25) is 0 Å². The van der Waals surface area contributed by atoms with E-state index in [-0.39, 0.29) is 16.1 Å². The number of halogens is 1. The van der Waals surface area contributed by atoms with Gasteiger partial charge in [-0.25, -0.2) is 4.68 Å². The highest BCUT2D eigenvalue weighted by Gasteiger charge is 2.29. The molecule has 0 atom stereocenters. The molecule has 4 nitrogen and oxygen atoms in total. The standard InChI is InChI=1S/C13H20ClN3O/c1-3-8-17-12(18)11(14)10(9-15-17)16-13(2)6-4-5-7-13/h9,16H,3-8H2,1-2H3.